The van der Waals surface area contributed by atoms with Crippen LogP contribution in [0.25, 0.3) is 0 Å². The Morgan fingerprint density at radius 3 is 2.79 bits per heavy atom. The van der Waals surface area contributed by atoms with Crippen molar-refractivity contribution in [2.75, 3.05) is 5.73 Å². The second-order valence-electron chi connectivity index (χ2n) is 4.50. The number of aromatic nitrogens is 1. The molecule has 2 N–H and O–H groups in total. The molecule has 0 aliphatic heterocycles. The van der Waals surface area contributed by atoms with Crippen LogP contribution in [0.3, 0.4) is 0 Å². The van der Waals surface area contributed by atoms with Crippen LogP contribution >= 0.6 is 11.6 Å². The minimum atomic E-state index is 0.381. The summed E-state index contributed by atoms with van der Waals surface area (Å²) in [5.41, 5.74) is 7.29. The van der Waals surface area contributed by atoms with Crippen LogP contribution in [0.1, 0.15) is 31.7 Å². The SMILES string of the molecule is CCC(C)c1ccccc1Oc1ncc(N)cc1Cl. The highest BCUT2D eigenvalue weighted by Crippen LogP contribution is 2.34. The van der Waals surface area contributed by atoms with Gasteiger partial charge in [-0.1, -0.05) is 43.6 Å². The van der Waals surface area contributed by atoms with Crippen LogP contribution in [0.2, 0.25) is 5.02 Å². The molecular weight excluding hydrogens is 260 g/mol. The minimum absolute atomic E-state index is 0.381. The number of nitrogens with two attached hydrogens (primary N) is 1. The fraction of sp³-hybridized carbons (Fsp3) is 0.267. The summed E-state index contributed by atoms with van der Waals surface area (Å²) in [4.78, 5) is 4.12. The van der Waals surface area contributed by atoms with Gasteiger partial charge in [0.05, 0.1) is 11.9 Å². The van der Waals surface area contributed by atoms with Gasteiger partial charge in [0.15, 0.2) is 0 Å². The van der Waals surface area contributed by atoms with E-state index < -0.39 is 0 Å². The van der Waals surface area contributed by atoms with E-state index in [4.69, 9.17) is 22.1 Å². The molecule has 0 saturated carbocycles. The first kappa shape index (κ1) is 13.7. The maximum Gasteiger partial charge on any atom is 0.238 e. The molecule has 1 aromatic carbocycles. The Morgan fingerprint density at radius 2 is 2.11 bits per heavy atom. The zero-order valence-corrected chi connectivity index (χ0v) is 11.8. The number of pyridine rings is 1. The monoisotopic (exact) mass is 276 g/mol. The van der Waals surface area contributed by atoms with Gasteiger partial charge in [0.1, 0.15) is 10.8 Å². The highest BCUT2D eigenvalue weighted by atomic mass is 35.5. The molecule has 100 valence electrons. The summed E-state index contributed by atoms with van der Waals surface area (Å²) in [5, 5.41) is 0.416. The van der Waals surface area contributed by atoms with Crippen molar-refractivity contribution in [1.82, 2.24) is 4.98 Å². The number of para-hydroxylation sites is 1. The second-order valence-corrected chi connectivity index (χ2v) is 4.91. The van der Waals surface area contributed by atoms with Crippen LogP contribution in [0, 0.1) is 0 Å². The Hall–Kier alpha value is -1.74. The van der Waals surface area contributed by atoms with Crippen LogP contribution in [0.5, 0.6) is 11.6 Å². The number of nitrogens with zero attached hydrogens (tertiary/aromatic N) is 1. The molecule has 0 spiro atoms. The summed E-state index contributed by atoms with van der Waals surface area (Å²) >= 11 is 6.08. The van der Waals surface area contributed by atoms with Gasteiger partial charge in [-0.15, -0.1) is 0 Å². The van der Waals surface area contributed by atoms with Crippen molar-refractivity contribution in [2.45, 2.75) is 26.2 Å². The Morgan fingerprint density at radius 1 is 1.37 bits per heavy atom. The van der Waals surface area contributed by atoms with E-state index in [1.807, 2.05) is 18.2 Å². The fourth-order valence-electron chi connectivity index (χ4n) is 1.82. The first-order valence-electron chi connectivity index (χ1n) is 6.29. The van der Waals surface area contributed by atoms with Crippen molar-refractivity contribution >= 4 is 17.3 Å². The lowest BCUT2D eigenvalue weighted by Crippen LogP contribution is -1.98. The van der Waals surface area contributed by atoms with Gasteiger partial charge in [-0.05, 0) is 30.0 Å². The third kappa shape index (κ3) is 3.18. The number of halogens is 1. The van der Waals surface area contributed by atoms with E-state index in [1.54, 1.807) is 6.07 Å². The molecule has 0 fully saturated rings. The molecule has 0 aliphatic rings. The number of benzene rings is 1. The van der Waals surface area contributed by atoms with E-state index >= 15 is 0 Å². The quantitative estimate of drug-likeness (QED) is 0.886. The van der Waals surface area contributed by atoms with Gasteiger partial charge in [-0.25, -0.2) is 4.98 Å². The van der Waals surface area contributed by atoms with Gasteiger partial charge >= 0.3 is 0 Å². The molecule has 1 aromatic heterocycles. The number of hydrogen-bond donors (Lipinski definition) is 1. The largest absolute Gasteiger partial charge is 0.437 e. The molecular formula is C15H17ClN2O. The number of anilines is 1. The highest BCUT2D eigenvalue weighted by molar-refractivity contribution is 6.32. The Bertz CT molecular complexity index is 572. The van der Waals surface area contributed by atoms with Gasteiger partial charge < -0.3 is 10.5 Å². The molecule has 0 radical (unpaired) electrons. The van der Waals surface area contributed by atoms with Crippen LogP contribution in [-0.2, 0) is 0 Å². The van der Waals surface area contributed by atoms with Gasteiger partial charge in [-0.2, -0.15) is 0 Å². The van der Waals surface area contributed by atoms with Crippen molar-refractivity contribution in [3.63, 3.8) is 0 Å². The first-order valence-corrected chi connectivity index (χ1v) is 6.67. The van der Waals surface area contributed by atoms with E-state index in [2.05, 4.69) is 24.9 Å². The maximum absolute atomic E-state index is 6.08. The summed E-state index contributed by atoms with van der Waals surface area (Å²) < 4.78 is 5.82. The average molecular weight is 277 g/mol. The lowest BCUT2D eigenvalue weighted by molar-refractivity contribution is 0.452. The van der Waals surface area contributed by atoms with Crippen molar-refractivity contribution in [3.05, 3.63) is 47.1 Å². The van der Waals surface area contributed by atoms with Gasteiger partial charge in [0.25, 0.3) is 0 Å². The van der Waals surface area contributed by atoms with Crippen LogP contribution in [-0.4, -0.2) is 4.98 Å². The van der Waals surface area contributed by atoms with E-state index in [0.29, 0.717) is 22.5 Å². The van der Waals surface area contributed by atoms with Crippen molar-refractivity contribution < 1.29 is 4.74 Å². The van der Waals surface area contributed by atoms with E-state index in [9.17, 15) is 0 Å². The summed E-state index contributed by atoms with van der Waals surface area (Å²) in [6.07, 6.45) is 2.58. The van der Waals surface area contributed by atoms with Crippen molar-refractivity contribution in [1.29, 1.82) is 0 Å². The number of hydrogen-bond acceptors (Lipinski definition) is 3. The van der Waals surface area contributed by atoms with Gasteiger partial charge in [-0.3, -0.25) is 0 Å². The molecule has 0 bridgehead atoms. The normalized spacial score (nSPS) is 12.2. The van der Waals surface area contributed by atoms with Gasteiger partial charge in [0.2, 0.25) is 5.88 Å². The van der Waals surface area contributed by atoms with Crippen LogP contribution < -0.4 is 10.5 Å². The van der Waals surface area contributed by atoms with Gasteiger partial charge in [0, 0.05) is 0 Å². The summed E-state index contributed by atoms with van der Waals surface area (Å²) in [6, 6.07) is 9.57. The summed E-state index contributed by atoms with van der Waals surface area (Å²) in [7, 11) is 0. The zero-order valence-electron chi connectivity index (χ0n) is 11.1. The predicted octanol–water partition coefficient (Wildman–Crippen LogP) is 4.62. The fourth-order valence-corrected chi connectivity index (χ4v) is 2.03. The van der Waals surface area contributed by atoms with Crippen molar-refractivity contribution in [2.24, 2.45) is 0 Å². The Labute approximate surface area is 118 Å². The standard InChI is InChI=1S/C15H17ClN2O/c1-3-10(2)12-6-4-5-7-14(12)19-15-13(16)8-11(17)9-18-15/h4-10H,3,17H2,1-2H3. The number of ether oxygens (including phenoxy) is 1. The minimum Gasteiger partial charge on any atom is -0.437 e. The molecule has 2 aromatic rings. The maximum atomic E-state index is 6.08. The molecule has 3 nitrogen and oxygen atoms in total. The molecule has 1 atom stereocenters. The molecule has 0 saturated heterocycles. The second kappa shape index (κ2) is 5.93. The lowest BCUT2D eigenvalue weighted by atomic mass is 9.98. The molecule has 4 heteroatoms. The topological polar surface area (TPSA) is 48.1 Å². The summed E-state index contributed by atoms with van der Waals surface area (Å²) in [6.45, 7) is 4.32. The Kier molecular flexibility index (Phi) is 4.27. The van der Waals surface area contributed by atoms with E-state index in [-0.39, 0.29) is 0 Å². The number of nitrogen functional groups attached to an aromatic ring is 1. The van der Waals surface area contributed by atoms with Crippen LogP contribution in [0.15, 0.2) is 36.5 Å². The lowest BCUT2D eigenvalue weighted by Gasteiger charge is -2.15. The Balaban J connectivity index is 2.33. The average Bonchev–Trinajstić information content (AvgIpc) is 2.41. The molecule has 0 aliphatic carbocycles. The summed E-state index contributed by atoms with van der Waals surface area (Å²) in [5.74, 6) is 1.59. The van der Waals surface area contributed by atoms with Crippen LogP contribution in [0.4, 0.5) is 5.69 Å². The van der Waals surface area contributed by atoms with Crippen molar-refractivity contribution in [3.8, 4) is 11.6 Å². The highest BCUT2D eigenvalue weighted by Gasteiger charge is 2.12. The third-order valence-electron chi connectivity index (χ3n) is 3.10. The third-order valence-corrected chi connectivity index (χ3v) is 3.37. The molecule has 0 amide bonds. The zero-order chi connectivity index (χ0) is 13.8. The first-order chi connectivity index (χ1) is 9.11. The number of rotatable bonds is 4. The molecule has 1 unspecified atom stereocenters. The molecule has 19 heavy (non-hydrogen) atoms. The predicted molar refractivity (Wildman–Crippen MR) is 78.9 cm³/mol. The molecule has 2 rings (SSSR count). The molecule has 1 heterocycles. The van der Waals surface area contributed by atoms with E-state index in [1.165, 1.54) is 6.20 Å². The smallest absolute Gasteiger partial charge is 0.238 e. The van der Waals surface area contributed by atoms with E-state index in [0.717, 1.165) is 17.7 Å².